The first kappa shape index (κ1) is 14.2. The Labute approximate surface area is 131 Å². The van der Waals surface area contributed by atoms with Crippen LogP contribution in [0.5, 0.6) is 0 Å². The van der Waals surface area contributed by atoms with Crippen LogP contribution >= 0.6 is 11.6 Å². The van der Waals surface area contributed by atoms with Gasteiger partial charge >= 0.3 is 0 Å². The lowest BCUT2D eigenvalue weighted by atomic mass is 10.0. The highest BCUT2D eigenvalue weighted by Gasteiger charge is 2.19. The second kappa shape index (κ2) is 6.35. The molecule has 1 saturated heterocycles. The van der Waals surface area contributed by atoms with E-state index in [4.69, 9.17) is 11.6 Å². The van der Waals surface area contributed by atoms with Gasteiger partial charge < -0.3 is 10.2 Å². The zero-order chi connectivity index (χ0) is 14.7. The average molecular weight is 302 g/mol. The number of benzene rings is 1. The first-order chi connectivity index (χ1) is 10.2. The predicted molar refractivity (Wildman–Crippen MR) is 89.3 cm³/mol. The molecule has 2 heterocycles. The fourth-order valence-corrected chi connectivity index (χ4v) is 3.00. The van der Waals surface area contributed by atoms with Gasteiger partial charge in [-0.15, -0.1) is 0 Å². The number of anilines is 2. The maximum Gasteiger partial charge on any atom is 0.0455 e. The number of hydrogen-bond acceptors (Lipinski definition) is 3. The SMILES string of the molecule is Cc1c(Cl)cccc1NC1CCN(c2ccncc2)CC1. The molecule has 0 bridgehead atoms. The van der Waals surface area contributed by atoms with Crippen molar-refractivity contribution in [2.45, 2.75) is 25.8 Å². The van der Waals surface area contributed by atoms with E-state index in [9.17, 15) is 0 Å². The first-order valence-corrected chi connectivity index (χ1v) is 7.78. The van der Waals surface area contributed by atoms with Crippen molar-refractivity contribution in [2.24, 2.45) is 0 Å². The molecule has 1 aliphatic rings. The van der Waals surface area contributed by atoms with E-state index in [2.05, 4.69) is 40.3 Å². The molecule has 3 nitrogen and oxygen atoms in total. The molecule has 1 aromatic heterocycles. The van der Waals surface area contributed by atoms with Crippen molar-refractivity contribution in [2.75, 3.05) is 23.3 Å². The fraction of sp³-hybridized carbons (Fsp3) is 0.353. The Bertz CT molecular complexity index is 592. The quantitative estimate of drug-likeness (QED) is 0.924. The Morgan fingerprint density at radius 1 is 1.14 bits per heavy atom. The van der Waals surface area contributed by atoms with Gasteiger partial charge in [-0.05, 0) is 49.6 Å². The highest BCUT2D eigenvalue weighted by Crippen LogP contribution is 2.26. The van der Waals surface area contributed by atoms with Crippen molar-refractivity contribution >= 4 is 23.0 Å². The van der Waals surface area contributed by atoms with Crippen LogP contribution in [0.2, 0.25) is 5.02 Å². The van der Waals surface area contributed by atoms with Crippen LogP contribution in [0.1, 0.15) is 18.4 Å². The molecule has 1 aromatic carbocycles. The van der Waals surface area contributed by atoms with E-state index in [1.165, 1.54) is 5.69 Å². The van der Waals surface area contributed by atoms with Crippen molar-refractivity contribution in [3.8, 4) is 0 Å². The smallest absolute Gasteiger partial charge is 0.0455 e. The molecule has 1 aliphatic heterocycles. The Morgan fingerprint density at radius 2 is 1.86 bits per heavy atom. The number of nitrogens with zero attached hydrogens (tertiary/aromatic N) is 2. The summed E-state index contributed by atoms with van der Waals surface area (Å²) in [5.74, 6) is 0. The van der Waals surface area contributed by atoms with Crippen molar-refractivity contribution in [3.63, 3.8) is 0 Å². The summed E-state index contributed by atoms with van der Waals surface area (Å²) in [7, 11) is 0. The highest BCUT2D eigenvalue weighted by atomic mass is 35.5. The third-order valence-electron chi connectivity index (χ3n) is 4.15. The summed E-state index contributed by atoms with van der Waals surface area (Å²) in [6, 6.07) is 10.7. The Kier molecular flexibility index (Phi) is 4.30. The monoisotopic (exact) mass is 301 g/mol. The molecular formula is C17H20ClN3. The summed E-state index contributed by atoms with van der Waals surface area (Å²) in [6.07, 6.45) is 5.98. The van der Waals surface area contributed by atoms with Crippen molar-refractivity contribution < 1.29 is 0 Å². The van der Waals surface area contributed by atoms with Gasteiger partial charge in [0, 0.05) is 47.9 Å². The maximum absolute atomic E-state index is 6.18. The minimum atomic E-state index is 0.514. The normalized spacial score (nSPS) is 16.0. The van der Waals surface area contributed by atoms with Gasteiger partial charge in [-0.25, -0.2) is 0 Å². The number of pyridine rings is 1. The molecule has 1 fully saturated rings. The molecule has 0 radical (unpaired) electrons. The van der Waals surface area contributed by atoms with Crippen molar-refractivity contribution in [1.29, 1.82) is 0 Å². The summed E-state index contributed by atoms with van der Waals surface area (Å²) >= 11 is 6.18. The molecule has 4 heteroatoms. The zero-order valence-electron chi connectivity index (χ0n) is 12.2. The van der Waals surface area contributed by atoms with E-state index in [0.29, 0.717) is 6.04 Å². The number of piperidine rings is 1. The van der Waals surface area contributed by atoms with Crippen LogP contribution in [-0.2, 0) is 0 Å². The molecular weight excluding hydrogens is 282 g/mol. The topological polar surface area (TPSA) is 28.2 Å². The molecule has 0 spiro atoms. The summed E-state index contributed by atoms with van der Waals surface area (Å²) in [5.41, 5.74) is 3.56. The van der Waals surface area contributed by atoms with Gasteiger partial charge in [-0.3, -0.25) is 4.98 Å². The van der Waals surface area contributed by atoms with Crippen LogP contribution in [-0.4, -0.2) is 24.1 Å². The molecule has 0 amide bonds. The van der Waals surface area contributed by atoms with Gasteiger partial charge in [0.05, 0.1) is 0 Å². The average Bonchev–Trinajstić information content (AvgIpc) is 2.53. The molecule has 1 N–H and O–H groups in total. The lowest BCUT2D eigenvalue weighted by Crippen LogP contribution is -2.39. The lowest BCUT2D eigenvalue weighted by molar-refractivity contribution is 0.526. The molecule has 0 saturated carbocycles. The summed E-state index contributed by atoms with van der Waals surface area (Å²) < 4.78 is 0. The van der Waals surface area contributed by atoms with Crippen molar-refractivity contribution in [3.05, 3.63) is 53.3 Å². The second-order valence-electron chi connectivity index (χ2n) is 5.52. The van der Waals surface area contributed by atoms with E-state index < -0.39 is 0 Å². The largest absolute Gasteiger partial charge is 0.382 e. The van der Waals surface area contributed by atoms with E-state index in [1.807, 2.05) is 24.5 Å². The number of hydrogen-bond donors (Lipinski definition) is 1. The number of aromatic nitrogens is 1. The fourth-order valence-electron chi connectivity index (χ4n) is 2.82. The predicted octanol–water partition coefficient (Wildman–Crippen LogP) is 4.12. The summed E-state index contributed by atoms with van der Waals surface area (Å²) in [4.78, 5) is 6.50. The Hall–Kier alpha value is -1.74. The van der Waals surface area contributed by atoms with E-state index >= 15 is 0 Å². The highest BCUT2D eigenvalue weighted by molar-refractivity contribution is 6.31. The number of nitrogens with one attached hydrogen (secondary N) is 1. The third kappa shape index (κ3) is 3.30. The van der Waals surface area contributed by atoms with Crippen LogP contribution in [0.4, 0.5) is 11.4 Å². The summed E-state index contributed by atoms with van der Waals surface area (Å²) in [5, 5.41) is 4.47. The van der Waals surface area contributed by atoms with Crippen LogP contribution in [0, 0.1) is 6.92 Å². The van der Waals surface area contributed by atoms with Crippen LogP contribution in [0.3, 0.4) is 0 Å². The minimum absolute atomic E-state index is 0.514. The number of rotatable bonds is 3. The molecule has 2 aromatic rings. The van der Waals surface area contributed by atoms with E-state index in [0.717, 1.165) is 42.2 Å². The summed E-state index contributed by atoms with van der Waals surface area (Å²) in [6.45, 7) is 4.21. The Balaban J connectivity index is 1.60. The van der Waals surface area contributed by atoms with Crippen molar-refractivity contribution in [1.82, 2.24) is 4.98 Å². The standard InChI is InChI=1S/C17H20ClN3/c1-13-16(18)3-2-4-17(13)20-14-7-11-21(12-8-14)15-5-9-19-10-6-15/h2-6,9-10,14,20H,7-8,11-12H2,1H3. The maximum atomic E-state index is 6.18. The van der Waals surface area contributed by atoms with Gasteiger partial charge in [-0.2, -0.15) is 0 Å². The Morgan fingerprint density at radius 3 is 2.57 bits per heavy atom. The lowest BCUT2D eigenvalue weighted by Gasteiger charge is -2.34. The molecule has 21 heavy (non-hydrogen) atoms. The second-order valence-corrected chi connectivity index (χ2v) is 5.93. The first-order valence-electron chi connectivity index (χ1n) is 7.40. The van der Waals surface area contributed by atoms with Crippen LogP contribution in [0.25, 0.3) is 0 Å². The van der Waals surface area contributed by atoms with Crippen LogP contribution < -0.4 is 10.2 Å². The number of halogens is 1. The third-order valence-corrected chi connectivity index (χ3v) is 4.56. The zero-order valence-corrected chi connectivity index (χ0v) is 13.0. The molecule has 0 unspecified atom stereocenters. The van der Waals surface area contributed by atoms with E-state index in [-0.39, 0.29) is 0 Å². The van der Waals surface area contributed by atoms with Crippen LogP contribution in [0.15, 0.2) is 42.7 Å². The van der Waals surface area contributed by atoms with E-state index in [1.54, 1.807) is 0 Å². The van der Waals surface area contributed by atoms with Gasteiger partial charge in [0.25, 0.3) is 0 Å². The van der Waals surface area contributed by atoms with Gasteiger partial charge in [0.15, 0.2) is 0 Å². The molecule has 110 valence electrons. The molecule has 0 aliphatic carbocycles. The van der Waals surface area contributed by atoms with Gasteiger partial charge in [0.1, 0.15) is 0 Å². The van der Waals surface area contributed by atoms with Gasteiger partial charge in [0.2, 0.25) is 0 Å². The van der Waals surface area contributed by atoms with Gasteiger partial charge in [-0.1, -0.05) is 17.7 Å². The molecule has 0 atom stereocenters. The molecule has 3 rings (SSSR count). The minimum Gasteiger partial charge on any atom is -0.382 e.